The molecule has 2 unspecified atom stereocenters. The minimum absolute atomic E-state index is 0.138. The monoisotopic (exact) mass is 260 g/mol. The van der Waals surface area contributed by atoms with Crippen LogP contribution in [0.5, 0.6) is 0 Å². The van der Waals surface area contributed by atoms with E-state index in [2.05, 4.69) is 15.3 Å². The Labute approximate surface area is 103 Å². The van der Waals surface area contributed by atoms with Gasteiger partial charge in [0.05, 0.1) is 12.6 Å². The molecule has 1 amide bonds. The molecule has 9 nitrogen and oxygen atoms in total. The summed E-state index contributed by atoms with van der Waals surface area (Å²) < 4.78 is 10.3. The molecule has 9 heteroatoms. The average Bonchev–Trinajstić information content (AvgIpc) is 2.34. The number of methoxy groups -OCH3 is 1. The van der Waals surface area contributed by atoms with Crippen molar-refractivity contribution in [3.8, 4) is 0 Å². The van der Waals surface area contributed by atoms with E-state index in [1.807, 2.05) is 0 Å². The number of azide groups is 1. The van der Waals surface area contributed by atoms with Crippen LogP contribution in [0.15, 0.2) is 5.11 Å². The Hall–Kier alpha value is -1.38. The van der Waals surface area contributed by atoms with Crippen LogP contribution in [0.25, 0.3) is 10.4 Å². The highest BCUT2D eigenvalue weighted by molar-refractivity contribution is 5.73. The summed E-state index contributed by atoms with van der Waals surface area (Å²) in [5.41, 5.74) is 8.21. The number of carbonyl (C=O) groups is 1. The molecule has 1 aliphatic rings. The van der Waals surface area contributed by atoms with E-state index in [4.69, 9.17) is 15.0 Å². The SMILES string of the molecule is CO[C@@H]1OC(CN=[N+]=[N-])[C@H](O)[C@H](O)C1NC(C)=O. The van der Waals surface area contributed by atoms with Gasteiger partial charge < -0.3 is 25.0 Å². The van der Waals surface area contributed by atoms with Crippen LogP contribution in [0.3, 0.4) is 0 Å². The molecule has 1 fully saturated rings. The fraction of sp³-hybridized carbons (Fsp3) is 0.889. The summed E-state index contributed by atoms with van der Waals surface area (Å²) in [6.07, 6.45) is -4.36. The fourth-order valence-electron chi connectivity index (χ4n) is 1.79. The molecule has 0 bridgehead atoms. The van der Waals surface area contributed by atoms with Crippen molar-refractivity contribution in [1.82, 2.24) is 5.32 Å². The van der Waals surface area contributed by atoms with Gasteiger partial charge in [-0.15, -0.1) is 0 Å². The molecule has 0 radical (unpaired) electrons. The standard InChI is InChI=1S/C9H16N4O5/c1-4(14)12-6-8(16)7(15)5(3-11-13-10)18-9(6)17-2/h5-9,15-16H,3H2,1-2H3,(H,12,14)/t5?,6?,7-,8+,9+/m0/s1. The van der Waals surface area contributed by atoms with E-state index in [1.165, 1.54) is 14.0 Å². The lowest BCUT2D eigenvalue weighted by Gasteiger charge is -2.41. The quantitative estimate of drug-likeness (QED) is 0.334. The second-order valence-corrected chi connectivity index (χ2v) is 3.90. The van der Waals surface area contributed by atoms with Crippen LogP contribution in [-0.2, 0) is 14.3 Å². The molecular formula is C9H16N4O5. The van der Waals surface area contributed by atoms with Gasteiger partial charge >= 0.3 is 0 Å². The second kappa shape index (κ2) is 6.53. The molecule has 0 saturated carbocycles. The van der Waals surface area contributed by atoms with E-state index in [1.54, 1.807) is 0 Å². The van der Waals surface area contributed by atoms with Crippen molar-refractivity contribution in [2.24, 2.45) is 5.11 Å². The highest BCUT2D eigenvalue weighted by atomic mass is 16.7. The zero-order valence-corrected chi connectivity index (χ0v) is 10.1. The maximum absolute atomic E-state index is 11.0. The van der Waals surface area contributed by atoms with Crippen LogP contribution in [0.1, 0.15) is 6.92 Å². The van der Waals surface area contributed by atoms with Crippen LogP contribution in [0, 0.1) is 0 Å². The number of nitrogens with zero attached hydrogens (tertiary/aromatic N) is 3. The van der Waals surface area contributed by atoms with Crippen molar-refractivity contribution >= 4 is 5.91 Å². The van der Waals surface area contributed by atoms with Crippen LogP contribution >= 0.6 is 0 Å². The van der Waals surface area contributed by atoms with Gasteiger partial charge in [0.25, 0.3) is 0 Å². The highest BCUT2D eigenvalue weighted by Gasteiger charge is 2.44. The maximum atomic E-state index is 11.0. The number of carbonyl (C=O) groups excluding carboxylic acids is 1. The predicted octanol–water partition coefficient (Wildman–Crippen LogP) is -1.11. The number of rotatable bonds is 4. The Morgan fingerprint density at radius 1 is 1.56 bits per heavy atom. The first-order valence-corrected chi connectivity index (χ1v) is 5.33. The Kier molecular flexibility index (Phi) is 5.32. The highest BCUT2D eigenvalue weighted by Crippen LogP contribution is 2.22. The van der Waals surface area contributed by atoms with Crippen molar-refractivity contribution in [2.75, 3.05) is 13.7 Å². The van der Waals surface area contributed by atoms with Crippen molar-refractivity contribution in [3.05, 3.63) is 10.4 Å². The summed E-state index contributed by atoms with van der Waals surface area (Å²) in [5.74, 6) is -0.384. The van der Waals surface area contributed by atoms with Gasteiger partial charge in [-0.1, -0.05) is 5.11 Å². The molecule has 5 atom stereocenters. The number of hydrogen-bond acceptors (Lipinski definition) is 6. The fourth-order valence-corrected chi connectivity index (χ4v) is 1.79. The van der Waals surface area contributed by atoms with Crippen molar-refractivity contribution in [2.45, 2.75) is 37.6 Å². The van der Waals surface area contributed by atoms with Gasteiger partial charge in [0.2, 0.25) is 5.91 Å². The number of ether oxygens (including phenoxy) is 2. The van der Waals surface area contributed by atoms with Crippen LogP contribution < -0.4 is 5.32 Å². The largest absolute Gasteiger partial charge is 0.388 e. The summed E-state index contributed by atoms with van der Waals surface area (Å²) in [5, 5.41) is 25.4. The Balaban J connectivity index is 2.79. The first kappa shape index (κ1) is 14.7. The molecule has 0 aromatic carbocycles. The second-order valence-electron chi connectivity index (χ2n) is 3.90. The Morgan fingerprint density at radius 2 is 2.22 bits per heavy atom. The Bertz CT molecular complexity index is 344. The number of hydrogen-bond donors (Lipinski definition) is 3. The summed E-state index contributed by atoms with van der Waals surface area (Å²) in [6, 6.07) is -0.884. The van der Waals surface area contributed by atoms with Crippen LogP contribution in [-0.4, -0.2) is 60.4 Å². The molecule has 1 heterocycles. The van der Waals surface area contributed by atoms with Gasteiger partial charge in [0.1, 0.15) is 18.2 Å². The lowest BCUT2D eigenvalue weighted by Crippen LogP contribution is -2.64. The molecule has 1 aliphatic heterocycles. The number of aliphatic hydroxyl groups is 2. The minimum Gasteiger partial charge on any atom is -0.388 e. The van der Waals surface area contributed by atoms with Crippen LogP contribution in [0.4, 0.5) is 0 Å². The predicted molar refractivity (Wildman–Crippen MR) is 59.3 cm³/mol. The zero-order valence-electron chi connectivity index (χ0n) is 10.1. The lowest BCUT2D eigenvalue weighted by atomic mass is 9.96. The maximum Gasteiger partial charge on any atom is 0.217 e. The van der Waals surface area contributed by atoms with E-state index in [0.717, 1.165) is 0 Å². The molecule has 1 saturated heterocycles. The van der Waals surface area contributed by atoms with E-state index in [9.17, 15) is 15.0 Å². The summed E-state index contributed by atoms with van der Waals surface area (Å²) in [4.78, 5) is 13.5. The third kappa shape index (κ3) is 3.31. The summed E-state index contributed by atoms with van der Waals surface area (Å²) in [6.45, 7) is 1.14. The van der Waals surface area contributed by atoms with Gasteiger partial charge in [-0.3, -0.25) is 4.79 Å². The van der Waals surface area contributed by atoms with E-state index in [0.29, 0.717) is 0 Å². The van der Waals surface area contributed by atoms with E-state index in [-0.39, 0.29) is 12.5 Å². The van der Waals surface area contributed by atoms with Gasteiger partial charge in [0.15, 0.2) is 6.29 Å². The smallest absolute Gasteiger partial charge is 0.217 e. The third-order valence-electron chi connectivity index (χ3n) is 2.63. The third-order valence-corrected chi connectivity index (χ3v) is 2.63. The lowest BCUT2D eigenvalue weighted by molar-refractivity contribution is -0.253. The van der Waals surface area contributed by atoms with Gasteiger partial charge in [-0.05, 0) is 5.53 Å². The minimum atomic E-state index is -1.28. The molecular weight excluding hydrogens is 244 g/mol. The van der Waals surface area contributed by atoms with Gasteiger partial charge in [0, 0.05) is 18.9 Å². The molecule has 3 N–H and O–H groups in total. The number of nitrogens with one attached hydrogen (secondary N) is 1. The van der Waals surface area contributed by atoms with E-state index >= 15 is 0 Å². The van der Waals surface area contributed by atoms with Crippen molar-refractivity contribution in [1.29, 1.82) is 0 Å². The summed E-state index contributed by atoms with van der Waals surface area (Å²) >= 11 is 0. The van der Waals surface area contributed by atoms with Crippen molar-refractivity contribution < 1.29 is 24.5 Å². The van der Waals surface area contributed by atoms with Gasteiger partial charge in [-0.2, -0.15) is 0 Å². The molecule has 1 rings (SSSR count). The molecule has 0 aromatic heterocycles. The summed E-state index contributed by atoms with van der Waals surface area (Å²) in [7, 11) is 1.34. The van der Waals surface area contributed by atoms with Gasteiger partial charge in [-0.25, -0.2) is 0 Å². The van der Waals surface area contributed by atoms with Crippen molar-refractivity contribution in [3.63, 3.8) is 0 Å². The first-order chi connectivity index (χ1) is 8.51. The topological polar surface area (TPSA) is 137 Å². The molecule has 0 spiro atoms. The molecule has 0 aromatic rings. The molecule has 18 heavy (non-hydrogen) atoms. The van der Waals surface area contributed by atoms with Crippen LogP contribution in [0.2, 0.25) is 0 Å². The zero-order chi connectivity index (χ0) is 13.7. The molecule has 102 valence electrons. The first-order valence-electron chi connectivity index (χ1n) is 5.33. The Morgan fingerprint density at radius 3 is 2.72 bits per heavy atom. The number of amides is 1. The average molecular weight is 260 g/mol. The molecule has 0 aliphatic carbocycles. The normalized spacial score (nSPS) is 35.7. The number of aliphatic hydroxyl groups excluding tert-OH is 2. The van der Waals surface area contributed by atoms with E-state index < -0.39 is 30.6 Å².